The Bertz CT molecular complexity index is 928. The van der Waals surface area contributed by atoms with Crippen LogP contribution in [0.25, 0.3) is 0 Å². The van der Waals surface area contributed by atoms with Crippen LogP contribution in [0.3, 0.4) is 0 Å². The highest BCUT2D eigenvalue weighted by atomic mass is 35.5. The number of nitriles is 1. The summed E-state index contributed by atoms with van der Waals surface area (Å²) in [5.41, 5.74) is 0.720. The maximum atomic E-state index is 12.9. The molecule has 3 N–H and O–H groups in total. The van der Waals surface area contributed by atoms with E-state index in [1.54, 1.807) is 25.1 Å². The Morgan fingerprint density at radius 3 is 2.87 bits per heavy atom. The van der Waals surface area contributed by atoms with Crippen molar-refractivity contribution in [1.29, 1.82) is 5.26 Å². The maximum Gasteiger partial charge on any atom is 0.244 e. The van der Waals surface area contributed by atoms with Gasteiger partial charge < -0.3 is 10.6 Å². The minimum atomic E-state index is -1.45. The van der Waals surface area contributed by atoms with Crippen LogP contribution in [0.1, 0.15) is 16.8 Å². The lowest BCUT2D eigenvalue weighted by molar-refractivity contribution is -0.127. The van der Waals surface area contributed by atoms with Crippen molar-refractivity contribution >= 4 is 34.9 Å². The molecule has 0 fully saturated rings. The number of hydrogen-bond donors (Lipinski definition) is 3. The molecule has 4 rings (SSSR count). The topological polar surface area (TPSA) is 111 Å². The number of benzene rings is 1. The summed E-state index contributed by atoms with van der Waals surface area (Å²) in [7, 11) is 0. The summed E-state index contributed by atoms with van der Waals surface area (Å²) in [4.78, 5) is 25.3. The first-order valence-electron chi connectivity index (χ1n) is 6.87. The first kappa shape index (κ1) is 13.8. The summed E-state index contributed by atoms with van der Waals surface area (Å²) in [6.45, 7) is 1.75. The van der Waals surface area contributed by atoms with E-state index in [1.165, 1.54) is 0 Å². The Kier molecular flexibility index (Phi) is 2.60. The highest BCUT2D eigenvalue weighted by Crippen LogP contribution is 2.53. The van der Waals surface area contributed by atoms with Crippen LogP contribution in [-0.4, -0.2) is 22.0 Å². The predicted octanol–water partition coefficient (Wildman–Crippen LogP) is 1.70. The number of carbonyl (C=O) groups excluding carboxylic acids is 2. The van der Waals surface area contributed by atoms with Crippen LogP contribution >= 0.6 is 11.6 Å². The predicted molar refractivity (Wildman–Crippen MR) is 81.9 cm³/mol. The van der Waals surface area contributed by atoms with Crippen molar-refractivity contribution in [1.82, 2.24) is 10.2 Å². The van der Waals surface area contributed by atoms with E-state index >= 15 is 0 Å². The van der Waals surface area contributed by atoms with Crippen LogP contribution in [-0.2, 0) is 15.0 Å². The quantitative estimate of drug-likeness (QED) is 0.683. The number of aryl methyl sites for hydroxylation is 1. The molecule has 1 spiro atoms. The fraction of sp³-hybridized carbons (Fsp3) is 0.200. The van der Waals surface area contributed by atoms with Gasteiger partial charge in [0.2, 0.25) is 11.8 Å². The monoisotopic (exact) mass is 327 g/mol. The molecule has 114 valence electrons. The largest absolute Gasteiger partial charge is 0.325 e. The van der Waals surface area contributed by atoms with Gasteiger partial charge in [0.1, 0.15) is 11.3 Å². The van der Waals surface area contributed by atoms with Gasteiger partial charge in [-0.05, 0) is 30.7 Å². The third-order valence-electron chi connectivity index (χ3n) is 4.42. The second-order valence-corrected chi connectivity index (χ2v) is 6.01. The number of aromatic amines is 1. The number of fused-ring (bicyclic) bond motifs is 4. The van der Waals surface area contributed by atoms with Gasteiger partial charge in [-0.25, -0.2) is 0 Å². The number of rotatable bonds is 0. The van der Waals surface area contributed by atoms with Crippen LogP contribution in [0.4, 0.5) is 11.5 Å². The molecule has 8 heteroatoms. The summed E-state index contributed by atoms with van der Waals surface area (Å²) in [6, 6.07) is 6.91. The number of H-pyrrole nitrogens is 1. The smallest absolute Gasteiger partial charge is 0.244 e. The number of amides is 2. The zero-order valence-electron chi connectivity index (χ0n) is 11.9. The SMILES string of the molecule is Cc1[nH]nc2c1[C@@]1(C(=O)Nc3ccc(Cl)cc31)[C@@H](C#N)C(=O)N2. The van der Waals surface area contributed by atoms with Crippen LogP contribution in [0.2, 0.25) is 5.02 Å². The Morgan fingerprint density at radius 1 is 1.35 bits per heavy atom. The van der Waals surface area contributed by atoms with E-state index in [-0.39, 0.29) is 5.82 Å². The molecule has 2 aliphatic rings. The zero-order chi connectivity index (χ0) is 16.4. The number of aromatic nitrogens is 2. The van der Waals surface area contributed by atoms with Gasteiger partial charge in [-0.15, -0.1) is 0 Å². The molecule has 2 amide bonds. The third-order valence-corrected chi connectivity index (χ3v) is 4.66. The van der Waals surface area contributed by atoms with Crippen molar-refractivity contribution in [3.05, 3.63) is 40.0 Å². The molecule has 3 heterocycles. The molecule has 2 atom stereocenters. The highest BCUT2D eigenvalue weighted by molar-refractivity contribution is 6.31. The lowest BCUT2D eigenvalue weighted by Gasteiger charge is -2.35. The molecule has 1 aromatic carbocycles. The van der Waals surface area contributed by atoms with Crippen molar-refractivity contribution in [3.8, 4) is 6.07 Å². The van der Waals surface area contributed by atoms with Gasteiger partial charge in [0.25, 0.3) is 0 Å². The van der Waals surface area contributed by atoms with Gasteiger partial charge in [-0.2, -0.15) is 10.4 Å². The Labute approximate surface area is 135 Å². The second-order valence-electron chi connectivity index (χ2n) is 5.58. The van der Waals surface area contributed by atoms with E-state index in [0.717, 1.165) is 0 Å². The van der Waals surface area contributed by atoms with E-state index < -0.39 is 23.1 Å². The van der Waals surface area contributed by atoms with Gasteiger partial charge >= 0.3 is 0 Å². The second kappa shape index (κ2) is 4.33. The molecule has 0 unspecified atom stereocenters. The Balaban J connectivity index is 2.15. The van der Waals surface area contributed by atoms with Gasteiger partial charge in [0, 0.05) is 22.0 Å². The van der Waals surface area contributed by atoms with Crippen LogP contribution < -0.4 is 10.6 Å². The molecule has 0 saturated heterocycles. The average molecular weight is 328 g/mol. The van der Waals surface area contributed by atoms with Crippen molar-refractivity contribution in [2.24, 2.45) is 5.92 Å². The lowest BCUT2D eigenvalue weighted by Crippen LogP contribution is -2.51. The summed E-state index contributed by atoms with van der Waals surface area (Å²) in [5.74, 6) is -1.94. The standard InChI is InChI=1S/C15H10ClN5O2/c1-6-11-12(21-20-6)19-13(22)9(5-17)15(11)8-4-7(16)2-3-10(8)18-14(15)23/h2-4,9H,1H3,(H,18,23)(H2,19,20,21,22)/t9-,15-/m0/s1. The van der Waals surface area contributed by atoms with Gasteiger partial charge in [-0.3, -0.25) is 14.7 Å². The van der Waals surface area contributed by atoms with Crippen LogP contribution in [0, 0.1) is 24.2 Å². The molecule has 23 heavy (non-hydrogen) atoms. The molecule has 0 bridgehead atoms. The lowest BCUT2D eigenvalue weighted by atomic mass is 9.64. The summed E-state index contributed by atoms with van der Waals surface area (Å²) >= 11 is 6.10. The number of nitrogens with one attached hydrogen (secondary N) is 3. The van der Waals surface area contributed by atoms with E-state index in [2.05, 4.69) is 20.8 Å². The summed E-state index contributed by atoms with van der Waals surface area (Å²) in [5, 5.41) is 22.2. The zero-order valence-corrected chi connectivity index (χ0v) is 12.7. The molecule has 0 saturated carbocycles. The molecule has 7 nitrogen and oxygen atoms in total. The minimum Gasteiger partial charge on any atom is -0.325 e. The first-order valence-corrected chi connectivity index (χ1v) is 7.25. The molecule has 2 aromatic rings. The number of nitrogens with zero attached hydrogens (tertiary/aromatic N) is 2. The fourth-order valence-electron chi connectivity index (χ4n) is 3.52. The Hall–Kier alpha value is -2.85. The average Bonchev–Trinajstić information content (AvgIpc) is 3.00. The summed E-state index contributed by atoms with van der Waals surface area (Å²) < 4.78 is 0. The van der Waals surface area contributed by atoms with Gasteiger partial charge in [0.05, 0.1) is 6.07 Å². The van der Waals surface area contributed by atoms with Crippen molar-refractivity contribution < 1.29 is 9.59 Å². The number of anilines is 2. The third kappa shape index (κ3) is 1.51. The van der Waals surface area contributed by atoms with Gasteiger partial charge in [0.15, 0.2) is 5.82 Å². The molecule has 2 aliphatic heterocycles. The normalized spacial score (nSPS) is 24.7. The van der Waals surface area contributed by atoms with E-state index in [1.807, 2.05) is 6.07 Å². The first-order chi connectivity index (χ1) is 11.0. The fourth-order valence-corrected chi connectivity index (χ4v) is 3.69. The maximum absolute atomic E-state index is 12.9. The van der Waals surface area contributed by atoms with E-state index in [9.17, 15) is 14.9 Å². The summed E-state index contributed by atoms with van der Waals surface area (Å²) in [6.07, 6.45) is 0. The molecule has 0 radical (unpaired) electrons. The number of hydrogen-bond acceptors (Lipinski definition) is 4. The van der Waals surface area contributed by atoms with Crippen molar-refractivity contribution in [3.63, 3.8) is 0 Å². The number of carbonyl (C=O) groups is 2. The molecule has 1 aromatic heterocycles. The molecular weight excluding hydrogens is 318 g/mol. The van der Waals surface area contributed by atoms with Crippen LogP contribution in [0.15, 0.2) is 18.2 Å². The van der Waals surface area contributed by atoms with E-state index in [4.69, 9.17) is 11.6 Å². The number of halogens is 1. The van der Waals surface area contributed by atoms with E-state index in [0.29, 0.717) is 27.5 Å². The highest BCUT2D eigenvalue weighted by Gasteiger charge is 2.61. The van der Waals surface area contributed by atoms with Crippen molar-refractivity contribution in [2.75, 3.05) is 10.6 Å². The van der Waals surface area contributed by atoms with Crippen molar-refractivity contribution in [2.45, 2.75) is 12.3 Å². The minimum absolute atomic E-state index is 0.266. The molecule has 0 aliphatic carbocycles. The molecular formula is C15H10ClN5O2. The Morgan fingerprint density at radius 2 is 2.13 bits per heavy atom. The van der Waals surface area contributed by atoms with Gasteiger partial charge in [-0.1, -0.05) is 11.6 Å². The van der Waals surface area contributed by atoms with Crippen LogP contribution in [0.5, 0.6) is 0 Å².